The molecule has 1 unspecified atom stereocenters. The minimum atomic E-state index is -0.279. The molecule has 15 heavy (non-hydrogen) atoms. The predicted molar refractivity (Wildman–Crippen MR) is 60.6 cm³/mol. The third-order valence-corrected chi connectivity index (χ3v) is 3.17. The average Bonchev–Trinajstić information content (AvgIpc) is 2.97. The normalized spacial score (nSPS) is 17.8. The van der Waals surface area contributed by atoms with Crippen LogP contribution in [0.3, 0.4) is 0 Å². The largest absolute Gasteiger partial charge is 0.310 e. The Bertz CT molecular complexity index is 349. The summed E-state index contributed by atoms with van der Waals surface area (Å²) in [5, 5.41) is 3.92. The van der Waals surface area contributed by atoms with Gasteiger partial charge in [0.25, 0.3) is 0 Å². The molecule has 1 N–H and O–H groups in total. The Morgan fingerprint density at radius 2 is 2.27 bits per heavy atom. The van der Waals surface area contributed by atoms with Gasteiger partial charge in [-0.25, -0.2) is 4.39 Å². The molecule has 1 nitrogen and oxygen atoms in total. The summed E-state index contributed by atoms with van der Waals surface area (Å²) < 4.78 is 12.8. The number of halogens is 2. The van der Waals surface area contributed by atoms with E-state index in [1.807, 2.05) is 0 Å². The zero-order valence-corrected chi connectivity index (χ0v) is 9.52. The molecular weight excluding hydrogens is 213 g/mol. The Balaban J connectivity index is 1.99. The van der Waals surface area contributed by atoms with Crippen LogP contribution < -0.4 is 5.32 Å². The van der Waals surface area contributed by atoms with E-state index in [4.69, 9.17) is 11.6 Å². The van der Waals surface area contributed by atoms with Crippen LogP contribution in [0.2, 0.25) is 5.02 Å². The van der Waals surface area contributed by atoms with Gasteiger partial charge in [-0.15, -0.1) is 0 Å². The Morgan fingerprint density at radius 3 is 2.87 bits per heavy atom. The number of nitrogens with one attached hydrogen (secondary N) is 1. The molecule has 3 heteroatoms. The molecule has 0 aliphatic heterocycles. The summed E-state index contributed by atoms with van der Waals surface area (Å²) in [5.41, 5.74) is 0.971. The zero-order chi connectivity index (χ0) is 10.8. The van der Waals surface area contributed by atoms with E-state index in [1.165, 1.54) is 25.0 Å². The van der Waals surface area contributed by atoms with Gasteiger partial charge >= 0.3 is 0 Å². The van der Waals surface area contributed by atoms with Crippen molar-refractivity contribution in [3.63, 3.8) is 0 Å². The molecule has 0 bridgehead atoms. The maximum absolute atomic E-state index is 12.8. The minimum absolute atomic E-state index is 0.193. The molecule has 1 aliphatic rings. The van der Waals surface area contributed by atoms with Gasteiger partial charge in [-0.3, -0.25) is 0 Å². The summed E-state index contributed by atoms with van der Waals surface area (Å²) in [6.07, 6.45) is 2.66. The molecule has 0 spiro atoms. The first kappa shape index (κ1) is 10.9. The van der Waals surface area contributed by atoms with Crippen LogP contribution in [-0.4, -0.2) is 6.54 Å². The number of hydrogen-bond acceptors (Lipinski definition) is 1. The molecule has 1 aliphatic carbocycles. The second-order valence-electron chi connectivity index (χ2n) is 4.24. The van der Waals surface area contributed by atoms with E-state index in [2.05, 4.69) is 12.2 Å². The highest BCUT2D eigenvalue weighted by Gasteiger charge is 2.22. The lowest BCUT2D eigenvalue weighted by atomic mass is 10.1. The highest BCUT2D eigenvalue weighted by molar-refractivity contribution is 6.31. The first-order chi connectivity index (χ1) is 7.16. The van der Waals surface area contributed by atoms with Crippen LogP contribution in [0.15, 0.2) is 18.2 Å². The fraction of sp³-hybridized carbons (Fsp3) is 0.500. The Labute approximate surface area is 94.6 Å². The van der Waals surface area contributed by atoms with Crippen molar-refractivity contribution in [3.8, 4) is 0 Å². The van der Waals surface area contributed by atoms with Gasteiger partial charge in [-0.1, -0.05) is 17.7 Å². The van der Waals surface area contributed by atoms with Crippen molar-refractivity contribution < 1.29 is 4.39 Å². The molecule has 1 fully saturated rings. The van der Waals surface area contributed by atoms with E-state index in [9.17, 15) is 4.39 Å². The first-order valence-corrected chi connectivity index (χ1v) is 5.73. The van der Waals surface area contributed by atoms with Crippen molar-refractivity contribution in [1.82, 2.24) is 5.32 Å². The fourth-order valence-corrected chi connectivity index (χ4v) is 1.96. The molecule has 1 saturated carbocycles. The molecule has 1 aromatic rings. The maximum Gasteiger partial charge on any atom is 0.124 e. The lowest BCUT2D eigenvalue weighted by Gasteiger charge is -2.15. The van der Waals surface area contributed by atoms with Crippen LogP contribution in [0.1, 0.15) is 31.4 Å². The van der Waals surface area contributed by atoms with E-state index in [0.717, 1.165) is 18.0 Å². The maximum atomic E-state index is 12.8. The van der Waals surface area contributed by atoms with Crippen LogP contribution in [0, 0.1) is 11.7 Å². The minimum Gasteiger partial charge on any atom is -0.310 e. The van der Waals surface area contributed by atoms with E-state index in [-0.39, 0.29) is 11.9 Å². The molecule has 82 valence electrons. The van der Waals surface area contributed by atoms with Crippen molar-refractivity contribution in [2.75, 3.05) is 6.54 Å². The summed E-state index contributed by atoms with van der Waals surface area (Å²) in [5.74, 6) is 0.560. The van der Waals surface area contributed by atoms with Gasteiger partial charge in [0.1, 0.15) is 5.82 Å². The van der Waals surface area contributed by atoms with Gasteiger partial charge in [0.05, 0.1) is 0 Å². The number of benzene rings is 1. The monoisotopic (exact) mass is 227 g/mol. The van der Waals surface area contributed by atoms with Crippen molar-refractivity contribution in [1.29, 1.82) is 0 Å². The second kappa shape index (κ2) is 4.50. The SMILES string of the molecule is CC(NCC1CC1)c1ccc(F)cc1Cl. The summed E-state index contributed by atoms with van der Waals surface area (Å²) >= 11 is 5.98. The van der Waals surface area contributed by atoms with Crippen molar-refractivity contribution in [2.45, 2.75) is 25.8 Å². The van der Waals surface area contributed by atoms with Gasteiger partial charge in [0.2, 0.25) is 0 Å². The molecule has 0 amide bonds. The Hall–Kier alpha value is -0.600. The Morgan fingerprint density at radius 1 is 1.53 bits per heavy atom. The molecule has 1 atom stereocenters. The van der Waals surface area contributed by atoms with Gasteiger partial charge in [0, 0.05) is 11.1 Å². The van der Waals surface area contributed by atoms with Crippen molar-refractivity contribution in [3.05, 3.63) is 34.6 Å². The van der Waals surface area contributed by atoms with E-state index < -0.39 is 0 Å². The smallest absolute Gasteiger partial charge is 0.124 e. The van der Waals surface area contributed by atoms with Crippen LogP contribution >= 0.6 is 11.6 Å². The van der Waals surface area contributed by atoms with Crippen LogP contribution in [0.5, 0.6) is 0 Å². The highest BCUT2D eigenvalue weighted by atomic mass is 35.5. The summed E-state index contributed by atoms with van der Waals surface area (Å²) in [6, 6.07) is 4.77. The van der Waals surface area contributed by atoms with E-state index >= 15 is 0 Å². The van der Waals surface area contributed by atoms with E-state index in [1.54, 1.807) is 6.07 Å². The molecule has 1 aromatic carbocycles. The molecule has 0 radical (unpaired) electrons. The van der Waals surface area contributed by atoms with Gasteiger partial charge < -0.3 is 5.32 Å². The predicted octanol–water partition coefficient (Wildman–Crippen LogP) is 3.54. The van der Waals surface area contributed by atoms with Crippen LogP contribution in [0.4, 0.5) is 4.39 Å². The van der Waals surface area contributed by atoms with E-state index in [0.29, 0.717) is 5.02 Å². The standard InChI is InChI=1S/C12H15ClFN/c1-8(15-7-9-2-3-9)11-5-4-10(14)6-12(11)13/h4-6,8-9,15H,2-3,7H2,1H3. The Kier molecular flexibility index (Phi) is 3.27. The summed E-state index contributed by atoms with van der Waals surface area (Å²) in [4.78, 5) is 0. The summed E-state index contributed by atoms with van der Waals surface area (Å²) in [7, 11) is 0. The lowest BCUT2D eigenvalue weighted by molar-refractivity contribution is 0.547. The molecular formula is C12H15ClFN. The molecule has 2 rings (SSSR count). The summed E-state index contributed by atoms with van der Waals surface area (Å²) in [6.45, 7) is 3.09. The van der Waals surface area contributed by atoms with Gasteiger partial charge in [-0.2, -0.15) is 0 Å². The quantitative estimate of drug-likeness (QED) is 0.830. The van der Waals surface area contributed by atoms with Crippen LogP contribution in [0.25, 0.3) is 0 Å². The first-order valence-electron chi connectivity index (χ1n) is 5.35. The highest BCUT2D eigenvalue weighted by Crippen LogP contribution is 2.29. The van der Waals surface area contributed by atoms with Crippen molar-refractivity contribution >= 4 is 11.6 Å². The third-order valence-electron chi connectivity index (χ3n) is 2.84. The number of rotatable bonds is 4. The van der Waals surface area contributed by atoms with Gasteiger partial charge in [-0.05, 0) is 49.9 Å². The molecule has 0 saturated heterocycles. The molecule has 0 heterocycles. The third kappa shape index (κ3) is 2.93. The number of hydrogen-bond donors (Lipinski definition) is 1. The van der Waals surface area contributed by atoms with Gasteiger partial charge in [0.15, 0.2) is 0 Å². The topological polar surface area (TPSA) is 12.0 Å². The second-order valence-corrected chi connectivity index (χ2v) is 4.65. The molecule has 0 aromatic heterocycles. The average molecular weight is 228 g/mol. The lowest BCUT2D eigenvalue weighted by Crippen LogP contribution is -2.21. The van der Waals surface area contributed by atoms with Crippen molar-refractivity contribution in [2.24, 2.45) is 5.92 Å². The zero-order valence-electron chi connectivity index (χ0n) is 8.76. The van der Waals surface area contributed by atoms with Crippen LogP contribution in [-0.2, 0) is 0 Å². The fourth-order valence-electron chi connectivity index (χ4n) is 1.63.